The molecule has 2 saturated heterocycles. The van der Waals surface area contributed by atoms with E-state index in [0.29, 0.717) is 68.2 Å². The molecule has 9 nitrogen and oxygen atoms in total. The van der Waals surface area contributed by atoms with Crippen molar-refractivity contribution in [3.8, 4) is 0 Å². The second kappa shape index (κ2) is 11.4. The fraction of sp³-hybridized carbons (Fsp3) is 0.519. The number of rotatable bonds is 7. The van der Waals surface area contributed by atoms with Crippen molar-refractivity contribution in [1.82, 2.24) is 25.0 Å². The van der Waals surface area contributed by atoms with Crippen molar-refractivity contribution in [3.63, 3.8) is 0 Å². The third-order valence-corrected chi connectivity index (χ3v) is 7.86. The minimum absolute atomic E-state index is 0.0554. The van der Waals surface area contributed by atoms with Crippen LogP contribution in [-0.4, -0.2) is 69.7 Å². The predicted octanol–water partition coefficient (Wildman–Crippen LogP) is 4.75. The first-order valence-corrected chi connectivity index (χ1v) is 13.4. The number of carbonyl (C=O) groups excluding carboxylic acids is 1. The summed E-state index contributed by atoms with van der Waals surface area (Å²) >= 11 is 0. The fourth-order valence-corrected chi connectivity index (χ4v) is 5.64. The van der Waals surface area contributed by atoms with Crippen molar-refractivity contribution in [1.29, 1.82) is 0 Å². The second-order valence-electron chi connectivity index (χ2n) is 10.4. The van der Waals surface area contributed by atoms with Crippen molar-refractivity contribution in [2.75, 3.05) is 42.5 Å². The molecule has 3 aromatic rings. The maximum atomic E-state index is 14.6. The van der Waals surface area contributed by atoms with Gasteiger partial charge in [0, 0.05) is 63.1 Å². The molecule has 0 N–H and O–H groups in total. The van der Waals surface area contributed by atoms with Crippen LogP contribution in [0.25, 0.3) is 0 Å². The Balaban J connectivity index is 1.21. The van der Waals surface area contributed by atoms with Crippen molar-refractivity contribution in [2.45, 2.75) is 52.0 Å². The Hall–Kier alpha value is -3.77. The average Bonchev–Trinajstić information content (AvgIpc) is 3.59. The monoisotopic (exact) mass is 561 g/mol. The molecule has 13 heteroatoms. The number of amides is 1. The highest BCUT2D eigenvalue weighted by Gasteiger charge is 2.35. The van der Waals surface area contributed by atoms with Crippen LogP contribution in [0.1, 0.15) is 66.3 Å². The lowest BCUT2D eigenvalue weighted by Gasteiger charge is -2.37. The first-order valence-electron chi connectivity index (χ1n) is 13.4. The molecule has 0 bridgehead atoms. The summed E-state index contributed by atoms with van der Waals surface area (Å²) in [7, 11) is 0. The van der Waals surface area contributed by atoms with Crippen LogP contribution in [0.3, 0.4) is 0 Å². The second-order valence-corrected chi connectivity index (χ2v) is 10.4. The molecule has 5 rings (SSSR count). The van der Waals surface area contributed by atoms with Gasteiger partial charge in [0.2, 0.25) is 11.8 Å². The van der Waals surface area contributed by atoms with Crippen LogP contribution in [0.2, 0.25) is 0 Å². The normalized spacial score (nSPS) is 20.0. The molecule has 1 aromatic carbocycles. The molecule has 40 heavy (non-hydrogen) atoms. The number of anilines is 2. The molecular weight excluding hydrogens is 530 g/mol. The number of benzene rings is 1. The number of carbonyl (C=O) groups is 1. The van der Waals surface area contributed by atoms with Gasteiger partial charge >= 0.3 is 12.4 Å². The zero-order valence-electron chi connectivity index (χ0n) is 22.5. The summed E-state index contributed by atoms with van der Waals surface area (Å²) in [5, 5.41) is 3.31. The molecule has 0 spiro atoms. The first-order chi connectivity index (χ1) is 19.2. The minimum atomic E-state index is -2.80. The summed E-state index contributed by atoms with van der Waals surface area (Å²) in [5.74, 6) is -1.54. The van der Waals surface area contributed by atoms with E-state index in [2.05, 4.69) is 20.1 Å². The Morgan fingerprint density at radius 3 is 2.42 bits per heavy atom. The van der Waals surface area contributed by atoms with E-state index in [-0.39, 0.29) is 29.8 Å². The molecule has 2 aromatic heterocycles. The quantitative estimate of drug-likeness (QED) is 0.382. The SMILES string of the molecule is CCN(C(=O)c1cnc(N2CC(C)[C@@H](c3cc(C)c(F)cc3F)C2)nc1)C1CCN(c2nc(C(F)F)no2)CC1. The van der Waals surface area contributed by atoms with Crippen LogP contribution in [-0.2, 0) is 0 Å². The van der Waals surface area contributed by atoms with E-state index >= 15 is 0 Å². The van der Waals surface area contributed by atoms with Crippen LogP contribution >= 0.6 is 0 Å². The Labute approximate surface area is 229 Å². The van der Waals surface area contributed by atoms with Gasteiger partial charge in [-0.25, -0.2) is 27.5 Å². The lowest BCUT2D eigenvalue weighted by molar-refractivity contribution is 0.0661. The van der Waals surface area contributed by atoms with Crippen molar-refractivity contribution in [3.05, 3.63) is 58.7 Å². The maximum Gasteiger partial charge on any atom is 0.324 e. The largest absolute Gasteiger partial charge is 0.340 e. The van der Waals surface area contributed by atoms with Crippen LogP contribution < -0.4 is 9.80 Å². The Morgan fingerprint density at radius 1 is 1.10 bits per heavy atom. The van der Waals surface area contributed by atoms with E-state index in [1.807, 2.05) is 18.7 Å². The zero-order valence-corrected chi connectivity index (χ0v) is 22.5. The standard InChI is InChI=1S/C27H31F4N7O2/c1-4-38(18-5-7-36(8-6-18)27-34-24(23(30)31)35-40-27)25(39)17-11-32-26(33-12-17)37-13-16(3)20(14-37)19-9-15(2)21(28)10-22(19)29/h9-12,16,18,20,23H,4-8,13-14H2,1-3H3/t16?,20-/m0/s1. The first kappa shape index (κ1) is 27.8. The summed E-state index contributed by atoms with van der Waals surface area (Å²) in [4.78, 5) is 31.4. The number of hydrogen-bond donors (Lipinski definition) is 0. The summed E-state index contributed by atoms with van der Waals surface area (Å²) in [6.45, 7) is 8.07. The van der Waals surface area contributed by atoms with Gasteiger partial charge < -0.3 is 19.2 Å². The summed E-state index contributed by atoms with van der Waals surface area (Å²) in [6.07, 6.45) is 1.43. The number of aromatic nitrogens is 4. The Kier molecular flexibility index (Phi) is 7.90. The van der Waals surface area contributed by atoms with Gasteiger partial charge in [0.05, 0.1) is 5.56 Å². The van der Waals surface area contributed by atoms with Gasteiger partial charge in [0.15, 0.2) is 0 Å². The van der Waals surface area contributed by atoms with Gasteiger partial charge in [-0.05, 0) is 49.8 Å². The highest BCUT2D eigenvalue weighted by atomic mass is 19.3. The molecule has 2 aliphatic rings. The third-order valence-electron chi connectivity index (χ3n) is 7.86. The lowest BCUT2D eigenvalue weighted by Crippen LogP contribution is -2.47. The van der Waals surface area contributed by atoms with Gasteiger partial charge in [-0.15, -0.1) is 0 Å². The highest BCUT2D eigenvalue weighted by molar-refractivity contribution is 5.94. The molecule has 2 aliphatic heterocycles. The number of nitrogens with zero attached hydrogens (tertiary/aromatic N) is 7. The van der Waals surface area contributed by atoms with Crippen molar-refractivity contribution in [2.24, 2.45) is 5.92 Å². The number of halogens is 4. The van der Waals surface area contributed by atoms with Crippen LogP contribution in [0.15, 0.2) is 29.0 Å². The molecule has 0 saturated carbocycles. The summed E-state index contributed by atoms with van der Waals surface area (Å²) in [5.41, 5.74) is 1.25. The molecule has 214 valence electrons. The molecule has 1 unspecified atom stereocenters. The van der Waals surface area contributed by atoms with E-state index in [9.17, 15) is 22.4 Å². The summed E-state index contributed by atoms with van der Waals surface area (Å²) < 4.78 is 58.9. The van der Waals surface area contributed by atoms with Crippen LogP contribution in [0.5, 0.6) is 0 Å². The van der Waals surface area contributed by atoms with Crippen LogP contribution in [0.4, 0.5) is 29.5 Å². The topological polar surface area (TPSA) is 91.5 Å². The smallest absolute Gasteiger partial charge is 0.324 e. The fourth-order valence-electron chi connectivity index (χ4n) is 5.64. The van der Waals surface area contributed by atoms with Gasteiger partial charge in [-0.3, -0.25) is 4.79 Å². The third kappa shape index (κ3) is 5.46. The number of hydrogen-bond acceptors (Lipinski definition) is 8. The van der Waals surface area contributed by atoms with Gasteiger partial charge in [-0.2, -0.15) is 4.98 Å². The Morgan fingerprint density at radius 2 is 1.80 bits per heavy atom. The number of aryl methyl sites for hydroxylation is 1. The van der Waals surface area contributed by atoms with E-state index in [1.54, 1.807) is 22.8 Å². The van der Waals surface area contributed by atoms with Gasteiger partial charge in [0.1, 0.15) is 11.6 Å². The van der Waals surface area contributed by atoms with E-state index in [1.165, 1.54) is 12.4 Å². The minimum Gasteiger partial charge on any atom is -0.340 e. The van der Waals surface area contributed by atoms with Crippen molar-refractivity contribution < 1.29 is 26.9 Å². The maximum absolute atomic E-state index is 14.6. The van der Waals surface area contributed by atoms with E-state index in [4.69, 9.17) is 4.52 Å². The molecule has 0 radical (unpaired) electrons. The van der Waals surface area contributed by atoms with E-state index < -0.39 is 23.9 Å². The molecule has 0 aliphatic carbocycles. The lowest BCUT2D eigenvalue weighted by atomic mass is 9.89. The van der Waals surface area contributed by atoms with Gasteiger partial charge in [0.25, 0.3) is 5.91 Å². The zero-order chi connectivity index (χ0) is 28.6. The number of alkyl halides is 2. The van der Waals surface area contributed by atoms with Crippen LogP contribution in [0, 0.1) is 24.5 Å². The predicted molar refractivity (Wildman–Crippen MR) is 138 cm³/mol. The highest BCUT2D eigenvalue weighted by Crippen LogP contribution is 2.36. The molecule has 1 amide bonds. The Bertz CT molecular complexity index is 1350. The van der Waals surface area contributed by atoms with Crippen molar-refractivity contribution >= 4 is 17.9 Å². The van der Waals surface area contributed by atoms with Gasteiger partial charge in [-0.1, -0.05) is 12.1 Å². The molecule has 4 heterocycles. The molecule has 2 atom stereocenters. The number of piperidine rings is 1. The molecule has 2 fully saturated rings. The average molecular weight is 562 g/mol. The summed E-state index contributed by atoms with van der Waals surface area (Å²) in [6, 6.07) is 2.52. The van der Waals surface area contributed by atoms with E-state index in [0.717, 1.165) is 6.07 Å². The molecular formula is C27H31F4N7O2.